The van der Waals surface area contributed by atoms with Gasteiger partial charge in [-0.2, -0.15) is 18.4 Å². The molecule has 0 spiro atoms. The van der Waals surface area contributed by atoms with Crippen molar-refractivity contribution in [1.29, 1.82) is 5.26 Å². The second-order valence-electron chi connectivity index (χ2n) is 12.9. The fraction of sp³-hybridized carbons (Fsp3) is 0.840. The molecule has 3 fully saturated rings. The summed E-state index contributed by atoms with van der Waals surface area (Å²) in [5, 5.41) is 17.6. The van der Waals surface area contributed by atoms with Crippen molar-refractivity contribution in [3.05, 3.63) is 0 Å². The maximum absolute atomic E-state index is 13.5. The number of halogens is 3. The SMILES string of the molecule is CC1(C)C[C@@H](C[C@@H](C#N)NC(=O)[C@@H]2[C@@H]3[C@H](CN2C(=O)[C@@H](NCC(F)(F)F)C(C)(C)C)C3(C)C)C(=O)N1. The van der Waals surface area contributed by atoms with Gasteiger partial charge in [-0.05, 0) is 49.4 Å². The van der Waals surface area contributed by atoms with Crippen molar-refractivity contribution in [3.63, 3.8) is 0 Å². The number of likely N-dealkylation sites (tertiary alicyclic amines) is 1. The van der Waals surface area contributed by atoms with Crippen LogP contribution in [0.25, 0.3) is 0 Å². The number of nitrogens with zero attached hydrogens (tertiary/aromatic N) is 2. The molecule has 0 aromatic rings. The average molecular weight is 514 g/mol. The van der Waals surface area contributed by atoms with E-state index in [2.05, 4.69) is 22.0 Å². The standard InChI is InChI=1S/C25H38F3N5O3/c1-22(2,3)18(30-12-25(26,27)28)21(36)33-11-15-16(24(15,6)7)17(33)20(35)31-14(10-29)8-13-9-23(4,5)32-19(13)34/h13-18,30H,8-9,11-12H2,1-7H3,(H,31,35)(H,32,34)/t13-,14+,15+,16+,17+,18-/m1/s1. The highest BCUT2D eigenvalue weighted by atomic mass is 19.4. The Morgan fingerprint density at radius 3 is 2.31 bits per heavy atom. The summed E-state index contributed by atoms with van der Waals surface area (Å²) >= 11 is 0. The van der Waals surface area contributed by atoms with Crippen LogP contribution in [0.5, 0.6) is 0 Å². The smallest absolute Gasteiger partial charge is 0.351 e. The Morgan fingerprint density at radius 2 is 1.83 bits per heavy atom. The number of piperidine rings is 1. The summed E-state index contributed by atoms with van der Waals surface area (Å²) in [5.74, 6) is -1.76. The summed E-state index contributed by atoms with van der Waals surface area (Å²) in [6, 6.07) is -0.909. The van der Waals surface area contributed by atoms with E-state index in [1.165, 1.54) is 4.90 Å². The van der Waals surface area contributed by atoms with Gasteiger partial charge in [-0.25, -0.2) is 0 Å². The normalized spacial score (nSPS) is 30.1. The largest absolute Gasteiger partial charge is 0.401 e. The van der Waals surface area contributed by atoms with Crippen molar-refractivity contribution in [3.8, 4) is 6.07 Å². The zero-order chi connectivity index (χ0) is 27.4. The first-order valence-electron chi connectivity index (χ1n) is 12.4. The summed E-state index contributed by atoms with van der Waals surface area (Å²) in [7, 11) is 0. The molecule has 0 radical (unpaired) electrons. The van der Waals surface area contributed by atoms with Gasteiger partial charge in [-0.1, -0.05) is 34.6 Å². The van der Waals surface area contributed by atoms with Gasteiger partial charge in [0.1, 0.15) is 12.1 Å². The summed E-state index contributed by atoms with van der Waals surface area (Å²) in [4.78, 5) is 40.7. The molecule has 0 unspecified atom stereocenters. The van der Waals surface area contributed by atoms with Crippen LogP contribution in [0.3, 0.4) is 0 Å². The monoisotopic (exact) mass is 513 g/mol. The first-order chi connectivity index (χ1) is 16.3. The molecule has 1 saturated carbocycles. The molecule has 3 aliphatic rings. The number of fused-ring (bicyclic) bond motifs is 1. The molecule has 202 valence electrons. The van der Waals surface area contributed by atoms with Crippen LogP contribution in [0.1, 0.15) is 61.3 Å². The molecule has 6 atom stereocenters. The van der Waals surface area contributed by atoms with E-state index in [4.69, 9.17) is 0 Å². The Hall–Kier alpha value is -2.35. The molecule has 1 aliphatic carbocycles. The van der Waals surface area contributed by atoms with E-state index in [1.54, 1.807) is 20.8 Å². The van der Waals surface area contributed by atoms with Crippen molar-refractivity contribution >= 4 is 17.7 Å². The van der Waals surface area contributed by atoms with Gasteiger partial charge in [0.25, 0.3) is 0 Å². The molecule has 2 saturated heterocycles. The highest BCUT2D eigenvalue weighted by Crippen LogP contribution is 2.65. The summed E-state index contributed by atoms with van der Waals surface area (Å²) in [6.07, 6.45) is -3.81. The molecule has 2 aliphatic heterocycles. The van der Waals surface area contributed by atoms with Crippen molar-refractivity contribution in [2.24, 2.45) is 28.6 Å². The van der Waals surface area contributed by atoms with Crippen LogP contribution in [0, 0.1) is 39.9 Å². The van der Waals surface area contributed by atoms with Crippen LogP contribution >= 0.6 is 0 Å². The van der Waals surface area contributed by atoms with E-state index in [0.29, 0.717) is 6.42 Å². The second kappa shape index (κ2) is 9.19. The predicted molar refractivity (Wildman–Crippen MR) is 126 cm³/mol. The van der Waals surface area contributed by atoms with E-state index < -0.39 is 59.5 Å². The minimum absolute atomic E-state index is 0.0439. The van der Waals surface area contributed by atoms with E-state index in [0.717, 1.165) is 0 Å². The number of rotatable bonds is 7. The van der Waals surface area contributed by atoms with Gasteiger partial charge in [0.2, 0.25) is 17.7 Å². The number of hydrogen-bond donors (Lipinski definition) is 3. The minimum atomic E-state index is -4.49. The Morgan fingerprint density at radius 1 is 1.22 bits per heavy atom. The number of alkyl halides is 3. The van der Waals surface area contributed by atoms with Gasteiger partial charge < -0.3 is 15.5 Å². The lowest BCUT2D eigenvalue weighted by Crippen LogP contribution is -2.59. The van der Waals surface area contributed by atoms with Crippen molar-refractivity contribution in [2.45, 2.75) is 91.1 Å². The number of carbonyl (C=O) groups excluding carboxylic acids is 3. The Balaban J connectivity index is 1.77. The molecular weight excluding hydrogens is 475 g/mol. The number of nitriles is 1. The predicted octanol–water partition coefficient (Wildman–Crippen LogP) is 2.35. The Labute approximate surface area is 210 Å². The van der Waals surface area contributed by atoms with Crippen LogP contribution in [-0.2, 0) is 14.4 Å². The van der Waals surface area contributed by atoms with Crippen molar-refractivity contribution in [1.82, 2.24) is 20.9 Å². The third-order valence-electron chi connectivity index (χ3n) is 7.96. The van der Waals surface area contributed by atoms with Crippen LogP contribution in [0.15, 0.2) is 0 Å². The molecular formula is C25H38F3N5O3. The fourth-order valence-corrected chi connectivity index (χ4v) is 6.03. The number of carbonyl (C=O) groups is 3. The average Bonchev–Trinajstić information content (AvgIpc) is 3.01. The first kappa shape index (κ1) is 28.2. The van der Waals surface area contributed by atoms with E-state index >= 15 is 0 Å². The molecule has 11 heteroatoms. The highest BCUT2D eigenvalue weighted by Gasteiger charge is 2.69. The van der Waals surface area contributed by atoms with E-state index in [-0.39, 0.29) is 36.1 Å². The highest BCUT2D eigenvalue weighted by molar-refractivity contribution is 5.92. The number of nitrogens with one attached hydrogen (secondary N) is 3. The van der Waals surface area contributed by atoms with Gasteiger partial charge in [-0.15, -0.1) is 0 Å². The number of amides is 3. The third-order valence-corrected chi connectivity index (χ3v) is 7.96. The lowest BCUT2D eigenvalue weighted by Gasteiger charge is -2.38. The maximum atomic E-state index is 13.5. The minimum Gasteiger partial charge on any atom is -0.351 e. The zero-order valence-electron chi connectivity index (χ0n) is 22.0. The molecule has 0 aromatic heterocycles. The Bertz CT molecular complexity index is 950. The molecule has 3 rings (SSSR count). The topological polar surface area (TPSA) is 114 Å². The number of hydrogen-bond acceptors (Lipinski definition) is 5. The summed E-state index contributed by atoms with van der Waals surface area (Å²) < 4.78 is 38.8. The van der Waals surface area contributed by atoms with Crippen molar-refractivity contribution < 1.29 is 27.6 Å². The molecule has 3 N–H and O–H groups in total. The zero-order valence-corrected chi connectivity index (χ0v) is 22.0. The van der Waals surface area contributed by atoms with Crippen LogP contribution in [0.2, 0.25) is 0 Å². The summed E-state index contributed by atoms with van der Waals surface area (Å²) in [6.45, 7) is 11.8. The molecule has 0 aromatic carbocycles. The van der Waals surface area contributed by atoms with Gasteiger partial charge >= 0.3 is 6.18 Å². The quantitative estimate of drug-likeness (QED) is 0.484. The van der Waals surface area contributed by atoms with Gasteiger partial charge in [0.15, 0.2) is 0 Å². The van der Waals surface area contributed by atoms with E-state index in [1.807, 2.05) is 27.7 Å². The van der Waals surface area contributed by atoms with Crippen molar-refractivity contribution in [2.75, 3.05) is 13.1 Å². The Kier molecular flexibility index (Phi) is 7.21. The van der Waals surface area contributed by atoms with Crippen LogP contribution in [0.4, 0.5) is 13.2 Å². The van der Waals surface area contributed by atoms with Gasteiger partial charge in [-0.3, -0.25) is 19.7 Å². The first-order valence-corrected chi connectivity index (χ1v) is 12.4. The van der Waals surface area contributed by atoms with Gasteiger partial charge in [0.05, 0.1) is 18.7 Å². The lowest BCUT2D eigenvalue weighted by atomic mass is 9.85. The molecule has 36 heavy (non-hydrogen) atoms. The van der Waals surface area contributed by atoms with E-state index in [9.17, 15) is 32.8 Å². The molecule has 3 amide bonds. The fourth-order valence-electron chi connectivity index (χ4n) is 6.03. The maximum Gasteiger partial charge on any atom is 0.401 e. The van der Waals surface area contributed by atoms with Crippen LogP contribution in [-0.4, -0.2) is 65.6 Å². The molecule has 0 bridgehead atoms. The third kappa shape index (κ3) is 5.79. The molecule has 2 heterocycles. The lowest BCUT2D eigenvalue weighted by molar-refractivity contribution is -0.147. The second-order valence-corrected chi connectivity index (χ2v) is 12.9. The summed E-state index contributed by atoms with van der Waals surface area (Å²) in [5.41, 5.74) is -1.42. The van der Waals surface area contributed by atoms with Crippen LogP contribution < -0.4 is 16.0 Å². The van der Waals surface area contributed by atoms with Gasteiger partial charge in [0, 0.05) is 18.0 Å². The molecule has 8 nitrogen and oxygen atoms in total.